The number of rotatable bonds is 11. The number of benzene rings is 2. The Morgan fingerprint density at radius 1 is 0.733 bits per heavy atom. The van der Waals surface area contributed by atoms with Crippen LogP contribution in [0.3, 0.4) is 0 Å². The minimum Gasteiger partial charge on any atom is -0.505 e. The van der Waals surface area contributed by atoms with Crippen molar-refractivity contribution in [2.75, 3.05) is 0 Å². The van der Waals surface area contributed by atoms with Crippen LogP contribution in [0.1, 0.15) is 63.9 Å². The van der Waals surface area contributed by atoms with E-state index in [-0.39, 0.29) is 5.75 Å². The molecule has 2 aromatic carbocycles. The predicted molar refractivity (Wildman–Crippen MR) is 123 cm³/mol. The number of aryl methyl sites for hydroxylation is 1. The van der Waals surface area contributed by atoms with Gasteiger partial charge in [-0.1, -0.05) is 82.2 Å². The van der Waals surface area contributed by atoms with E-state index in [0.29, 0.717) is 11.3 Å². The average molecular weight is 406 g/mol. The molecule has 0 saturated carbocycles. The first-order valence-corrected chi connectivity index (χ1v) is 11.2. The molecular formula is C27H32FNO. The molecule has 0 fully saturated rings. The van der Waals surface area contributed by atoms with Crippen molar-refractivity contribution in [1.82, 2.24) is 4.98 Å². The first-order chi connectivity index (χ1) is 14.7. The second kappa shape index (κ2) is 11.5. The van der Waals surface area contributed by atoms with Gasteiger partial charge in [0.2, 0.25) is 0 Å². The smallest absolute Gasteiger partial charge is 0.165 e. The van der Waals surface area contributed by atoms with Crippen LogP contribution in [-0.4, -0.2) is 10.1 Å². The Hall–Kier alpha value is -2.68. The third kappa shape index (κ3) is 6.41. The summed E-state index contributed by atoms with van der Waals surface area (Å²) in [7, 11) is 0. The van der Waals surface area contributed by atoms with Gasteiger partial charge in [-0.25, -0.2) is 4.39 Å². The standard InChI is InChI=1S/C27H32FNO/c1-2-3-4-5-6-7-8-9-10-21-11-13-22(14-12-21)24-15-17-26(29-20-24)23-16-18-27(30)25(28)19-23/h11-20,30H,2-10H2,1H3. The number of unbranched alkanes of at least 4 members (excludes halogenated alkanes) is 7. The van der Waals surface area contributed by atoms with Gasteiger partial charge in [-0.2, -0.15) is 0 Å². The van der Waals surface area contributed by atoms with Gasteiger partial charge in [-0.15, -0.1) is 0 Å². The fourth-order valence-corrected chi connectivity index (χ4v) is 3.73. The Labute approximate surface area is 179 Å². The van der Waals surface area contributed by atoms with Gasteiger partial charge in [0.25, 0.3) is 0 Å². The van der Waals surface area contributed by atoms with Gasteiger partial charge >= 0.3 is 0 Å². The van der Waals surface area contributed by atoms with Crippen molar-refractivity contribution in [2.24, 2.45) is 0 Å². The van der Waals surface area contributed by atoms with Crippen molar-refractivity contribution in [2.45, 2.75) is 64.7 Å². The van der Waals surface area contributed by atoms with E-state index in [0.717, 1.165) is 17.5 Å². The maximum absolute atomic E-state index is 13.6. The lowest BCUT2D eigenvalue weighted by atomic mass is 10.0. The van der Waals surface area contributed by atoms with E-state index in [2.05, 4.69) is 36.2 Å². The van der Waals surface area contributed by atoms with Gasteiger partial charge in [0, 0.05) is 17.3 Å². The highest BCUT2D eigenvalue weighted by molar-refractivity contribution is 5.67. The topological polar surface area (TPSA) is 33.1 Å². The van der Waals surface area contributed by atoms with Gasteiger partial charge in [0.1, 0.15) is 0 Å². The SMILES string of the molecule is CCCCCCCCCCc1ccc(-c2ccc(-c3ccc(O)c(F)c3)nc2)cc1. The first kappa shape index (κ1) is 22.0. The number of hydrogen-bond donors (Lipinski definition) is 1. The lowest BCUT2D eigenvalue weighted by molar-refractivity contribution is 0.432. The molecule has 1 heterocycles. The monoisotopic (exact) mass is 405 g/mol. The van der Waals surface area contributed by atoms with E-state index < -0.39 is 5.82 Å². The summed E-state index contributed by atoms with van der Waals surface area (Å²) in [4.78, 5) is 4.47. The van der Waals surface area contributed by atoms with Crippen molar-refractivity contribution in [3.8, 4) is 28.1 Å². The number of phenolic OH excluding ortho intramolecular Hbond substituents is 1. The zero-order valence-electron chi connectivity index (χ0n) is 17.9. The molecule has 1 N–H and O–H groups in total. The second-order valence-electron chi connectivity index (χ2n) is 8.02. The summed E-state index contributed by atoms with van der Waals surface area (Å²) in [6.07, 6.45) is 13.7. The van der Waals surface area contributed by atoms with Crippen LogP contribution in [0, 0.1) is 5.82 Å². The van der Waals surface area contributed by atoms with Crippen LogP contribution in [-0.2, 0) is 6.42 Å². The molecule has 3 heteroatoms. The third-order valence-electron chi connectivity index (χ3n) is 5.61. The lowest BCUT2D eigenvalue weighted by Crippen LogP contribution is -1.89. The maximum atomic E-state index is 13.6. The molecule has 3 rings (SSSR count). The molecule has 0 unspecified atom stereocenters. The maximum Gasteiger partial charge on any atom is 0.165 e. The van der Waals surface area contributed by atoms with Crippen molar-refractivity contribution in [1.29, 1.82) is 0 Å². The summed E-state index contributed by atoms with van der Waals surface area (Å²) in [5, 5.41) is 9.33. The quantitative estimate of drug-likeness (QED) is 0.328. The molecule has 0 amide bonds. The number of nitrogens with zero attached hydrogens (tertiary/aromatic N) is 1. The van der Waals surface area contributed by atoms with Crippen LogP contribution >= 0.6 is 0 Å². The summed E-state index contributed by atoms with van der Waals surface area (Å²) < 4.78 is 13.6. The number of aromatic hydroxyl groups is 1. The molecule has 0 atom stereocenters. The highest BCUT2D eigenvalue weighted by Crippen LogP contribution is 2.26. The van der Waals surface area contributed by atoms with E-state index in [1.807, 2.05) is 18.3 Å². The number of aromatic nitrogens is 1. The third-order valence-corrected chi connectivity index (χ3v) is 5.61. The van der Waals surface area contributed by atoms with E-state index in [1.165, 1.54) is 69.1 Å². The van der Waals surface area contributed by atoms with Crippen LogP contribution in [0.25, 0.3) is 22.4 Å². The fraction of sp³-hybridized carbons (Fsp3) is 0.370. The largest absolute Gasteiger partial charge is 0.505 e. The highest BCUT2D eigenvalue weighted by atomic mass is 19.1. The number of pyridine rings is 1. The molecule has 0 bridgehead atoms. The number of hydrogen-bond acceptors (Lipinski definition) is 2. The molecule has 1 aromatic heterocycles. The van der Waals surface area contributed by atoms with Gasteiger partial charge in [0.15, 0.2) is 11.6 Å². The van der Waals surface area contributed by atoms with Gasteiger partial charge in [0.05, 0.1) is 5.69 Å². The Balaban J connectivity index is 1.49. The van der Waals surface area contributed by atoms with Crippen LogP contribution in [0.15, 0.2) is 60.8 Å². The minimum atomic E-state index is -0.634. The summed E-state index contributed by atoms with van der Waals surface area (Å²) >= 11 is 0. The zero-order chi connectivity index (χ0) is 21.2. The molecule has 2 nitrogen and oxygen atoms in total. The van der Waals surface area contributed by atoms with Crippen molar-refractivity contribution < 1.29 is 9.50 Å². The summed E-state index contributed by atoms with van der Waals surface area (Å²) in [5.41, 5.74) is 4.89. The highest BCUT2D eigenvalue weighted by Gasteiger charge is 2.06. The van der Waals surface area contributed by atoms with Gasteiger partial charge in [-0.05, 0) is 48.2 Å². The zero-order valence-corrected chi connectivity index (χ0v) is 17.9. The summed E-state index contributed by atoms with van der Waals surface area (Å²) in [6, 6.07) is 16.9. The van der Waals surface area contributed by atoms with E-state index >= 15 is 0 Å². The van der Waals surface area contributed by atoms with E-state index in [9.17, 15) is 9.50 Å². The minimum absolute atomic E-state index is 0.345. The predicted octanol–water partition coefficient (Wildman–Crippen LogP) is 7.94. The molecule has 0 aliphatic rings. The van der Waals surface area contributed by atoms with Crippen LogP contribution in [0.2, 0.25) is 0 Å². The number of phenols is 1. The first-order valence-electron chi connectivity index (χ1n) is 11.2. The van der Waals surface area contributed by atoms with Crippen LogP contribution in [0.5, 0.6) is 5.75 Å². The van der Waals surface area contributed by atoms with E-state index in [1.54, 1.807) is 6.07 Å². The van der Waals surface area contributed by atoms with Crippen molar-refractivity contribution in [3.05, 3.63) is 72.2 Å². The van der Waals surface area contributed by atoms with Gasteiger partial charge in [-0.3, -0.25) is 4.98 Å². The summed E-state index contributed by atoms with van der Waals surface area (Å²) in [6.45, 7) is 2.26. The summed E-state index contributed by atoms with van der Waals surface area (Å²) in [5.74, 6) is -0.979. The molecule has 0 radical (unpaired) electrons. The number of halogens is 1. The van der Waals surface area contributed by atoms with Crippen molar-refractivity contribution in [3.63, 3.8) is 0 Å². The molecule has 0 spiro atoms. The van der Waals surface area contributed by atoms with Gasteiger partial charge < -0.3 is 5.11 Å². The molecule has 0 saturated heterocycles. The van der Waals surface area contributed by atoms with Crippen LogP contribution in [0.4, 0.5) is 4.39 Å². The lowest BCUT2D eigenvalue weighted by Gasteiger charge is -2.07. The molecule has 0 aliphatic heterocycles. The van der Waals surface area contributed by atoms with Crippen LogP contribution < -0.4 is 0 Å². The Kier molecular flexibility index (Phi) is 8.43. The average Bonchev–Trinajstić information content (AvgIpc) is 2.78. The molecule has 0 aliphatic carbocycles. The Bertz CT molecular complexity index is 903. The fourth-order valence-electron chi connectivity index (χ4n) is 3.73. The molecular weight excluding hydrogens is 373 g/mol. The second-order valence-corrected chi connectivity index (χ2v) is 8.02. The molecule has 158 valence electrons. The molecule has 30 heavy (non-hydrogen) atoms. The normalized spacial score (nSPS) is 11.0. The molecule has 3 aromatic rings. The Morgan fingerprint density at radius 3 is 2.00 bits per heavy atom. The van der Waals surface area contributed by atoms with E-state index in [4.69, 9.17) is 0 Å². The van der Waals surface area contributed by atoms with Crippen molar-refractivity contribution >= 4 is 0 Å². The Morgan fingerprint density at radius 2 is 1.37 bits per heavy atom.